The van der Waals surface area contributed by atoms with Crippen LogP contribution in [0.25, 0.3) is 0 Å². The van der Waals surface area contributed by atoms with Crippen LogP contribution in [0.5, 0.6) is 0 Å². The van der Waals surface area contributed by atoms with Gasteiger partial charge in [-0.15, -0.1) is 0 Å². The summed E-state index contributed by atoms with van der Waals surface area (Å²) in [6, 6.07) is 9.19. The Hall–Kier alpha value is -3.44. The number of piperidine rings is 2. The maximum absolute atomic E-state index is 12.6. The van der Waals surface area contributed by atoms with E-state index in [2.05, 4.69) is 39.2 Å². The molecule has 40 heavy (non-hydrogen) atoms. The Kier molecular flexibility index (Phi) is 7.50. The normalized spacial score (nSPS) is 26.2. The highest BCUT2D eigenvalue weighted by Crippen LogP contribution is 2.32. The number of nitrogens with one attached hydrogen (secondary N) is 1. The van der Waals surface area contributed by atoms with Gasteiger partial charge < -0.3 is 30.5 Å². The van der Waals surface area contributed by atoms with E-state index in [1.807, 2.05) is 24.1 Å². The van der Waals surface area contributed by atoms with Crippen LogP contribution in [0.2, 0.25) is 0 Å². The number of hydrogen-bond donors (Lipinski definition) is 2. The molecule has 1 aromatic carbocycles. The molecule has 0 saturated carbocycles. The van der Waals surface area contributed by atoms with Crippen molar-refractivity contribution in [3.8, 4) is 0 Å². The standard InChI is InChI=1S/C29H40N8O3/c1-19-24(18-40-19)35-12-9-21(10-13-35)20-5-7-22(8-6-20)32-28-26(27(30)38)31-16-25(33-28)36-11-3-4-23(17-36)37-15-14-34(2)29(37)39/h5-8,16,19,21,23-24H,3-4,9-15,17-18H2,1-2H3,(H2,30,38)(H,32,33). The quantitative estimate of drug-likeness (QED) is 0.542. The SMILES string of the molecule is CC1OCC1N1CCC(c2ccc(Nc3nc(N4CCCC(N5CCN(C)C5=O)C4)cnc3C(N)=O)cc2)CC1. The summed E-state index contributed by atoms with van der Waals surface area (Å²) in [7, 11) is 1.84. The Morgan fingerprint density at radius 1 is 1.07 bits per heavy atom. The second kappa shape index (κ2) is 11.2. The number of anilines is 3. The van der Waals surface area contributed by atoms with E-state index in [1.165, 1.54) is 5.56 Å². The van der Waals surface area contributed by atoms with E-state index in [-0.39, 0.29) is 17.8 Å². The molecule has 11 nitrogen and oxygen atoms in total. The molecular formula is C29H40N8O3. The lowest BCUT2D eigenvalue weighted by Crippen LogP contribution is -2.56. The molecule has 0 radical (unpaired) electrons. The van der Waals surface area contributed by atoms with E-state index >= 15 is 0 Å². The summed E-state index contributed by atoms with van der Waals surface area (Å²) >= 11 is 0. The summed E-state index contributed by atoms with van der Waals surface area (Å²) in [4.78, 5) is 42.4. The zero-order valence-corrected chi connectivity index (χ0v) is 23.5. The van der Waals surface area contributed by atoms with Crippen molar-refractivity contribution in [3.05, 3.63) is 41.7 Å². The fourth-order valence-corrected chi connectivity index (χ4v) is 6.54. The first kappa shape index (κ1) is 26.8. The van der Waals surface area contributed by atoms with Gasteiger partial charge >= 0.3 is 6.03 Å². The third kappa shape index (κ3) is 5.32. The van der Waals surface area contributed by atoms with Crippen molar-refractivity contribution in [2.75, 3.05) is 63.1 Å². The number of urea groups is 1. The van der Waals surface area contributed by atoms with E-state index in [4.69, 9.17) is 15.5 Å². The van der Waals surface area contributed by atoms with Crippen LogP contribution >= 0.6 is 0 Å². The maximum Gasteiger partial charge on any atom is 0.320 e. The number of hydrogen-bond acceptors (Lipinski definition) is 8. The molecule has 4 aliphatic rings. The zero-order chi connectivity index (χ0) is 27.8. The Balaban J connectivity index is 1.12. The topological polar surface area (TPSA) is 120 Å². The number of nitrogens with two attached hydrogens (primary N) is 1. The molecule has 0 spiro atoms. The minimum Gasteiger partial charge on any atom is -0.375 e. The van der Waals surface area contributed by atoms with Crippen LogP contribution in [-0.2, 0) is 4.74 Å². The number of nitrogens with zero attached hydrogens (tertiary/aromatic N) is 6. The van der Waals surface area contributed by atoms with Crippen molar-refractivity contribution in [1.82, 2.24) is 24.7 Å². The molecule has 214 valence electrons. The number of primary amides is 1. The zero-order valence-electron chi connectivity index (χ0n) is 23.5. The van der Waals surface area contributed by atoms with Gasteiger partial charge in [-0.25, -0.2) is 14.8 Å². The number of aromatic nitrogens is 2. The molecule has 3 amide bonds. The molecule has 3 atom stereocenters. The van der Waals surface area contributed by atoms with E-state index in [1.54, 1.807) is 11.1 Å². The Morgan fingerprint density at radius 3 is 2.48 bits per heavy atom. The van der Waals surface area contributed by atoms with Gasteiger partial charge in [0.1, 0.15) is 5.82 Å². The number of likely N-dealkylation sites (N-methyl/N-ethyl adjacent to an activating group) is 1. The molecule has 4 saturated heterocycles. The minimum atomic E-state index is -0.627. The highest BCUT2D eigenvalue weighted by Gasteiger charge is 2.36. The summed E-state index contributed by atoms with van der Waals surface area (Å²) in [5.74, 6) is 0.937. The summed E-state index contributed by atoms with van der Waals surface area (Å²) in [5, 5.41) is 3.29. The lowest BCUT2D eigenvalue weighted by atomic mass is 9.88. The van der Waals surface area contributed by atoms with Gasteiger partial charge in [0, 0.05) is 38.9 Å². The first-order valence-electron chi connectivity index (χ1n) is 14.5. The van der Waals surface area contributed by atoms with Gasteiger partial charge in [-0.2, -0.15) is 0 Å². The van der Waals surface area contributed by atoms with Crippen molar-refractivity contribution in [2.45, 2.75) is 56.7 Å². The minimum absolute atomic E-state index is 0.0842. The smallest absolute Gasteiger partial charge is 0.320 e. The lowest BCUT2D eigenvalue weighted by Gasteiger charge is -2.45. The summed E-state index contributed by atoms with van der Waals surface area (Å²) in [6.45, 7) is 8.23. The number of amides is 3. The van der Waals surface area contributed by atoms with Crippen LogP contribution in [0, 0.1) is 0 Å². The molecule has 3 unspecified atom stereocenters. The largest absolute Gasteiger partial charge is 0.375 e. The van der Waals surface area contributed by atoms with Crippen LogP contribution in [0.4, 0.5) is 22.1 Å². The predicted molar refractivity (Wildman–Crippen MR) is 153 cm³/mol. The molecular weight excluding hydrogens is 508 g/mol. The van der Waals surface area contributed by atoms with Crippen LogP contribution in [0.1, 0.15) is 54.6 Å². The number of benzene rings is 1. The van der Waals surface area contributed by atoms with Gasteiger partial charge in [-0.3, -0.25) is 9.69 Å². The number of carbonyl (C=O) groups excluding carboxylic acids is 2. The molecule has 2 aromatic rings. The average Bonchev–Trinajstić information content (AvgIpc) is 3.30. The lowest BCUT2D eigenvalue weighted by molar-refractivity contribution is -0.129. The monoisotopic (exact) mass is 548 g/mol. The molecule has 0 aliphatic carbocycles. The van der Waals surface area contributed by atoms with Gasteiger partial charge in [0.25, 0.3) is 5.91 Å². The van der Waals surface area contributed by atoms with Crippen molar-refractivity contribution in [1.29, 1.82) is 0 Å². The van der Waals surface area contributed by atoms with Crippen molar-refractivity contribution < 1.29 is 14.3 Å². The molecule has 4 aliphatic heterocycles. The Bertz CT molecular complexity index is 1230. The third-order valence-corrected chi connectivity index (χ3v) is 9.12. The fourth-order valence-electron chi connectivity index (χ4n) is 6.54. The highest BCUT2D eigenvalue weighted by atomic mass is 16.5. The molecule has 1 aromatic heterocycles. The van der Waals surface area contributed by atoms with E-state index in [9.17, 15) is 9.59 Å². The van der Waals surface area contributed by atoms with Crippen LogP contribution < -0.4 is 16.0 Å². The molecule has 5 heterocycles. The number of carbonyl (C=O) groups is 2. The first-order valence-corrected chi connectivity index (χ1v) is 14.5. The average molecular weight is 549 g/mol. The van der Waals surface area contributed by atoms with Crippen LogP contribution in [0.15, 0.2) is 30.5 Å². The highest BCUT2D eigenvalue weighted by molar-refractivity contribution is 5.96. The van der Waals surface area contributed by atoms with Crippen molar-refractivity contribution in [2.24, 2.45) is 5.73 Å². The van der Waals surface area contributed by atoms with E-state index < -0.39 is 5.91 Å². The Morgan fingerprint density at radius 2 is 1.85 bits per heavy atom. The van der Waals surface area contributed by atoms with E-state index in [0.29, 0.717) is 36.2 Å². The van der Waals surface area contributed by atoms with Gasteiger partial charge in [0.15, 0.2) is 11.5 Å². The molecule has 6 rings (SSSR count). The predicted octanol–water partition coefficient (Wildman–Crippen LogP) is 2.62. The van der Waals surface area contributed by atoms with Crippen LogP contribution in [0.3, 0.4) is 0 Å². The molecule has 4 fully saturated rings. The fraction of sp³-hybridized carbons (Fsp3) is 0.586. The molecule has 0 bridgehead atoms. The second-order valence-corrected chi connectivity index (χ2v) is 11.6. The van der Waals surface area contributed by atoms with Gasteiger partial charge in [0.2, 0.25) is 0 Å². The Labute approximate surface area is 235 Å². The number of ether oxygens (including phenoxy) is 1. The summed E-state index contributed by atoms with van der Waals surface area (Å²) in [6.07, 6.45) is 6.16. The third-order valence-electron chi connectivity index (χ3n) is 9.12. The van der Waals surface area contributed by atoms with Crippen LogP contribution in [-0.4, -0.2) is 108 Å². The number of rotatable bonds is 7. The first-order chi connectivity index (χ1) is 19.4. The van der Waals surface area contributed by atoms with E-state index in [0.717, 1.165) is 70.7 Å². The maximum atomic E-state index is 12.6. The summed E-state index contributed by atoms with van der Waals surface area (Å²) < 4.78 is 5.56. The number of likely N-dealkylation sites (tertiary alicyclic amines) is 1. The molecule has 3 N–H and O–H groups in total. The van der Waals surface area contributed by atoms with Gasteiger partial charge in [0.05, 0.1) is 31.0 Å². The second-order valence-electron chi connectivity index (χ2n) is 11.6. The van der Waals surface area contributed by atoms with Gasteiger partial charge in [-0.05, 0) is 69.3 Å². The summed E-state index contributed by atoms with van der Waals surface area (Å²) in [5.41, 5.74) is 7.93. The van der Waals surface area contributed by atoms with Crippen molar-refractivity contribution >= 4 is 29.3 Å². The molecule has 11 heteroatoms. The van der Waals surface area contributed by atoms with Crippen molar-refractivity contribution in [3.63, 3.8) is 0 Å². The van der Waals surface area contributed by atoms with Gasteiger partial charge in [-0.1, -0.05) is 12.1 Å².